The summed E-state index contributed by atoms with van der Waals surface area (Å²) in [7, 11) is 0. The first kappa shape index (κ1) is 14.1. The van der Waals surface area contributed by atoms with E-state index in [1.165, 1.54) is 5.56 Å². The lowest BCUT2D eigenvalue weighted by Crippen LogP contribution is -2.23. The van der Waals surface area contributed by atoms with Crippen LogP contribution in [0.1, 0.15) is 21.6 Å². The number of hydrogen-bond donors (Lipinski definition) is 2. The lowest BCUT2D eigenvalue weighted by Gasteiger charge is -2.04. The molecule has 4 heteroatoms. The van der Waals surface area contributed by atoms with Gasteiger partial charge < -0.3 is 5.32 Å². The van der Waals surface area contributed by atoms with Gasteiger partial charge in [-0.05, 0) is 18.6 Å². The van der Waals surface area contributed by atoms with Gasteiger partial charge in [-0.25, -0.2) is 0 Å². The molecule has 0 saturated heterocycles. The molecule has 0 aliphatic carbocycles. The van der Waals surface area contributed by atoms with Gasteiger partial charge in [-0.2, -0.15) is 5.10 Å². The van der Waals surface area contributed by atoms with E-state index in [2.05, 4.69) is 15.5 Å². The molecule has 0 spiro atoms. The van der Waals surface area contributed by atoms with Gasteiger partial charge in [0.05, 0.1) is 5.69 Å². The van der Waals surface area contributed by atoms with Gasteiger partial charge in [0.25, 0.3) is 5.91 Å². The van der Waals surface area contributed by atoms with Crippen LogP contribution in [-0.2, 0) is 6.54 Å². The largest absolute Gasteiger partial charge is 0.347 e. The van der Waals surface area contributed by atoms with Gasteiger partial charge in [0, 0.05) is 12.1 Å². The lowest BCUT2D eigenvalue weighted by atomic mass is 10.1. The third-order valence-electron chi connectivity index (χ3n) is 3.47. The Morgan fingerprint density at radius 3 is 2.55 bits per heavy atom. The topological polar surface area (TPSA) is 57.8 Å². The summed E-state index contributed by atoms with van der Waals surface area (Å²) in [4.78, 5) is 12.1. The van der Waals surface area contributed by atoms with E-state index in [9.17, 15) is 4.79 Å². The smallest absolute Gasteiger partial charge is 0.269 e. The SMILES string of the molecule is Cc1ccc(CNC(=O)c2cc(-c3ccccc3)n[nH]2)cc1. The van der Waals surface area contributed by atoms with Crippen molar-refractivity contribution in [2.75, 3.05) is 0 Å². The van der Waals surface area contributed by atoms with E-state index >= 15 is 0 Å². The molecule has 0 aliphatic heterocycles. The third kappa shape index (κ3) is 3.23. The third-order valence-corrected chi connectivity index (χ3v) is 3.47. The number of aromatic nitrogens is 2. The molecule has 0 saturated carbocycles. The first-order valence-electron chi connectivity index (χ1n) is 7.17. The normalized spacial score (nSPS) is 10.4. The summed E-state index contributed by atoms with van der Waals surface area (Å²) in [6.45, 7) is 2.54. The molecule has 2 aromatic carbocycles. The van der Waals surface area contributed by atoms with Crippen LogP contribution in [0.5, 0.6) is 0 Å². The quantitative estimate of drug-likeness (QED) is 0.774. The number of carbonyl (C=O) groups excluding carboxylic acids is 1. The summed E-state index contributed by atoms with van der Waals surface area (Å²) in [5.41, 5.74) is 4.49. The van der Waals surface area contributed by atoms with Gasteiger partial charge in [0.2, 0.25) is 0 Å². The van der Waals surface area contributed by atoms with Crippen molar-refractivity contribution in [2.45, 2.75) is 13.5 Å². The van der Waals surface area contributed by atoms with Crippen LogP contribution in [0.3, 0.4) is 0 Å². The highest BCUT2D eigenvalue weighted by atomic mass is 16.1. The molecule has 1 amide bonds. The van der Waals surface area contributed by atoms with Crippen LogP contribution in [0.2, 0.25) is 0 Å². The molecule has 3 rings (SSSR count). The van der Waals surface area contributed by atoms with E-state index in [1.54, 1.807) is 6.07 Å². The van der Waals surface area contributed by atoms with Crippen LogP contribution in [-0.4, -0.2) is 16.1 Å². The zero-order chi connectivity index (χ0) is 15.4. The number of hydrogen-bond acceptors (Lipinski definition) is 2. The fourth-order valence-corrected chi connectivity index (χ4v) is 2.18. The summed E-state index contributed by atoms with van der Waals surface area (Å²) in [6, 6.07) is 19.6. The van der Waals surface area contributed by atoms with Crippen LogP contribution in [0.25, 0.3) is 11.3 Å². The van der Waals surface area contributed by atoms with E-state index in [0.29, 0.717) is 12.2 Å². The maximum absolute atomic E-state index is 12.1. The zero-order valence-electron chi connectivity index (χ0n) is 12.3. The second kappa shape index (κ2) is 6.26. The number of nitrogens with zero attached hydrogens (tertiary/aromatic N) is 1. The van der Waals surface area contributed by atoms with Crippen LogP contribution in [0.4, 0.5) is 0 Å². The van der Waals surface area contributed by atoms with Crippen LogP contribution >= 0.6 is 0 Å². The maximum atomic E-state index is 12.1. The Balaban J connectivity index is 1.66. The highest BCUT2D eigenvalue weighted by Crippen LogP contribution is 2.16. The fraction of sp³-hybridized carbons (Fsp3) is 0.111. The van der Waals surface area contributed by atoms with Crippen molar-refractivity contribution >= 4 is 5.91 Å². The molecule has 1 heterocycles. The molecule has 0 atom stereocenters. The number of H-pyrrole nitrogens is 1. The predicted octanol–water partition coefficient (Wildman–Crippen LogP) is 3.32. The van der Waals surface area contributed by atoms with Crippen LogP contribution in [0, 0.1) is 6.92 Å². The molecular formula is C18H17N3O. The van der Waals surface area contributed by atoms with Crippen LogP contribution < -0.4 is 5.32 Å². The van der Waals surface area contributed by atoms with E-state index in [4.69, 9.17) is 0 Å². The average molecular weight is 291 g/mol. The van der Waals surface area contributed by atoms with Crippen molar-refractivity contribution < 1.29 is 4.79 Å². The molecule has 0 fully saturated rings. The first-order valence-corrected chi connectivity index (χ1v) is 7.17. The maximum Gasteiger partial charge on any atom is 0.269 e. The van der Waals surface area contributed by atoms with Gasteiger partial charge >= 0.3 is 0 Å². The fourth-order valence-electron chi connectivity index (χ4n) is 2.18. The van der Waals surface area contributed by atoms with Gasteiger partial charge in [0.1, 0.15) is 5.69 Å². The second-order valence-electron chi connectivity index (χ2n) is 5.20. The first-order chi connectivity index (χ1) is 10.7. The Morgan fingerprint density at radius 1 is 1.09 bits per heavy atom. The molecule has 22 heavy (non-hydrogen) atoms. The summed E-state index contributed by atoms with van der Waals surface area (Å²) >= 11 is 0. The molecule has 4 nitrogen and oxygen atoms in total. The standard InChI is InChI=1S/C18H17N3O/c1-13-7-9-14(10-8-13)12-19-18(22)17-11-16(20-21-17)15-5-3-2-4-6-15/h2-11H,12H2,1H3,(H,19,22)(H,20,21). The van der Waals surface area contributed by atoms with E-state index in [0.717, 1.165) is 16.8 Å². The molecule has 3 aromatic rings. The average Bonchev–Trinajstić information content (AvgIpc) is 3.05. The van der Waals surface area contributed by atoms with E-state index < -0.39 is 0 Å². The molecule has 2 N–H and O–H groups in total. The van der Waals surface area contributed by atoms with Crippen molar-refractivity contribution in [3.05, 3.63) is 77.5 Å². The minimum absolute atomic E-state index is 0.157. The Labute approximate surface area is 129 Å². The molecule has 0 aliphatic rings. The summed E-state index contributed by atoms with van der Waals surface area (Å²) < 4.78 is 0. The van der Waals surface area contributed by atoms with Crippen molar-refractivity contribution in [1.29, 1.82) is 0 Å². The minimum Gasteiger partial charge on any atom is -0.347 e. The number of rotatable bonds is 4. The number of amides is 1. The number of nitrogens with one attached hydrogen (secondary N) is 2. The van der Waals surface area contributed by atoms with Crippen molar-refractivity contribution in [3.63, 3.8) is 0 Å². The van der Waals surface area contributed by atoms with E-state index in [1.807, 2.05) is 61.5 Å². The Bertz CT molecular complexity index is 761. The summed E-state index contributed by atoms with van der Waals surface area (Å²) in [5.74, 6) is -0.157. The van der Waals surface area contributed by atoms with Crippen molar-refractivity contribution in [1.82, 2.24) is 15.5 Å². The van der Waals surface area contributed by atoms with E-state index in [-0.39, 0.29) is 5.91 Å². The Morgan fingerprint density at radius 2 is 1.82 bits per heavy atom. The van der Waals surface area contributed by atoms with Gasteiger partial charge in [-0.3, -0.25) is 9.89 Å². The molecule has 0 bridgehead atoms. The Hall–Kier alpha value is -2.88. The molecule has 0 unspecified atom stereocenters. The van der Waals surface area contributed by atoms with Crippen molar-refractivity contribution in [2.24, 2.45) is 0 Å². The summed E-state index contributed by atoms with van der Waals surface area (Å²) in [5, 5.41) is 9.86. The van der Waals surface area contributed by atoms with Crippen LogP contribution in [0.15, 0.2) is 60.7 Å². The van der Waals surface area contributed by atoms with Gasteiger partial charge in [-0.15, -0.1) is 0 Å². The Kier molecular flexibility index (Phi) is 4.01. The molecule has 1 aromatic heterocycles. The number of carbonyl (C=O) groups is 1. The highest BCUT2D eigenvalue weighted by Gasteiger charge is 2.10. The highest BCUT2D eigenvalue weighted by molar-refractivity contribution is 5.93. The van der Waals surface area contributed by atoms with Gasteiger partial charge in [-0.1, -0.05) is 60.2 Å². The molecular weight excluding hydrogens is 274 g/mol. The second-order valence-corrected chi connectivity index (χ2v) is 5.20. The zero-order valence-corrected chi connectivity index (χ0v) is 12.3. The number of aromatic amines is 1. The molecule has 0 radical (unpaired) electrons. The number of aryl methyl sites for hydroxylation is 1. The molecule has 110 valence electrons. The monoisotopic (exact) mass is 291 g/mol. The predicted molar refractivity (Wildman–Crippen MR) is 86.4 cm³/mol. The minimum atomic E-state index is -0.157. The summed E-state index contributed by atoms with van der Waals surface area (Å²) in [6.07, 6.45) is 0. The van der Waals surface area contributed by atoms with Crippen molar-refractivity contribution in [3.8, 4) is 11.3 Å². The van der Waals surface area contributed by atoms with Gasteiger partial charge in [0.15, 0.2) is 0 Å². The number of benzene rings is 2. The lowest BCUT2D eigenvalue weighted by molar-refractivity contribution is 0.0946.